The van der Waals surface area contributed by atoms with Crippen molar-refractivity contribution in [1.29, 1.82) is 0 Å². The average Bonchev–Trinajstić information content (AvgIpc) is 0.922. The van der Waals surface area contributed by atoms with E-state index >= 15 is 0 Å². The Morgan fingerprint density at radius 2 is 0.372 bits per heavy atom. The Morgan fingerprint density at radius 1 is 0.223 bits per heavy atom. The quantitative estimate of drug-likeness (QED) is 0.154. The highest BCUT2D eigenvalue weighted by molar-refractivity contribution is 8.14. The summed E-state index contributed by atoms with van der Waals surface area (Å²) in [5.41, 5.74) is 4.51. The molecule has 0 amide bonds. The highest BCUT2D eigenvalue weighted by Crippen LogP contribution is 2.57. The summed E-state index contributed by atoms with van der Waals surface area (Å²) in [6.45, 7) is -16.1. The maximum Gasteiger partial charge on any atom is 0.319 e. The highest BCUT2D eigenvalue weighted by atomic mass is 32.5. The van der Waals surface area contributed by atoms with Crippen LogP contribution in [0.4, 0.5) is 0 Å². The van der Waals surface area contributed by atoms with Crippen LogP contribution in [0, 0.1) is 0 Å². The topological polar surface area (TPSA) is 149 Å². The minimum absolute atomic E-state index is 0.503. The number of rotatable bonds is 3. The number of benzene rings is 9. The van der Waals surface area contributed by atoms with Crippen LogP contribution in [0.2, 0.25) is 0 Å². The van der Waals surface area contributed by atoms with E-state index in [1.165, 1.54) is 0 Å². The second-order valence-corrected chi connectivity index (χ2v) is 39.3. The van der Waals surface area contributed by atoms with Gasteiger partial charge in [0.05, 0.1) is 53.2 Å². The van der Waals surface area contributed by atoms with E-state index in [1.807, 2.05) is 237 Å². The monoisotopic (exact) mass is 1430 g/mol. The fourth-order valence-electron chi connectivity index (χ4n) is 9.15. The molecule has 0 N–H and O–H groups in total. The summed E-state index contributed by atoms with van der Waals surface area (Å²) in [5.74, 6) is 3.02. The number of hydrogen-bond donors (Lipinski definition) is 0. The minimum Gasteiger partial charge on any atom is -0.432 e. The molecule has 0 aliphatic carbocycles. The van der Waals surface area contributed by atoms with Crippen LogP contribution in [0.1, 0.15) is 33.4 Å². The van der Waals surface area contributed by atoms with Gasteiger partial charge in [-0.05, 0) is 274 Å². The molecule has 21 heterocycles. The Bertz CT molecular complexity index is 3870. The van der Waals surface area contributed by atoms with Crippen molar-refractivity contribution in [3.63, 3.8) is 0 Å². The van der Waals surface area contributed by atoms with Crippen LogP contribution < -0.4 is 43.1 Å². The largest absolute Gasteiger partial charge is 0.432 e. The summed E-state index contributed by atoms with van der Waals surface area (Å²) >= 11 is 32.3. The third-order valence-corrected chi connectivity index (χ3v) is 32.5. The van der Waals surface area contributed by atoms with Crippen molar-refractivity contribution in [2.75, 3.05) is 42.3 Å². The first-order valence-electron chi connectivity index (χ1n) is 28.9. The Kier molecular flexibility index (Phi) is 21.2. The van der Waals surface area contributed by atoms with E-state index in [0.29, 0.717) is 34.5 Å². The van der Waals surface area contributed by atoms with Gasteiger partial charge in [-0.1, -0.05) is 54.6 Å². The van der Waals surface area contributed by atoms with E-state index in [9.17, 15) is 0 Å². The molecule has 0 saturated carbocycles. The van der Waals surface area contributed by atoms with Gasteiger partial charge in [-0.2, -0.15) is 30.6 Å². The van der Waals surface area contributed by atoms with E-state index in [2.05, 4.69) is 0 Å². The third kappa shape index (κ3) is 16.0. The highest BCUT2D eigenvalue weighted by Gasteiger charge is 2.35. The summed E-state index contributed by atoms with van der Waals surface area (Å²) < 4.78 is 50.4. The van der Waals surface area contributed by atoms with Gasteiger partial charge < -0.3 is 27.1 Å². The Morgan fingerprint density at radius 3 is 0.521 bits per heavy atom. The third-order valence-electron chi connectivity index (χ3n) is 14.4. The van der Waals surface area contributed by atoms with Gasteiger partial charge >= 0.3 is 19.5 Å². The second kappa shape index (κ2) is 29.6. The maximum atomic E-state index is 6.69. The summed E-state index contributed by atoms with van der Waals surface area (Å²) in [6, 6.07) is 73.3. The minimum atomic E-state index is -3.23. The number of hydrogen-bond acceptors (Lipinski definition) is 17. The van der Waals surface area contributed by atoms with E-state index in [-0.39, 0.29) is 0 Å². The van der Waals surface area contributed by atoms with Gasteiger partial charge in [0.15, 0.2) is 0 Å². The molecule has 28 heteroatoms. The Balaban J connectivity index is 1.03. The van der Waals surface area contributed by atoms with E-state index in [0.717, 1.165) is 49.3 Å². The normalized spacial score (nSPS) is 23.1. The summed E-state index contributed by atoms with van der Waals surface area (Å²) in [5, 5.41) is 31.8. The first kappa shape index (κ1) is 67.3. The van der Waals surface area contributed by atoms with Gasteiger partial charge in [0.1, 0.15) is 34.5 Å². The summed E-state index contributed by atoms with van der Waals surface area (Å²) in [7, 11) is 10.8. The molecule has 0 aromatic heterocycles. The zero-order chi connectivity index (χ0) is 65.9. The van der Waals surface area contributed by atoms with Crippen LogP contribution in [0.25, 0.3) is 0 Å². The molecular formula is C66H63N12O6P5S5. The van der Waals surface area contributed by atoms with E-state index < -0.39 is 32.5 Å². The lowest BCUT2D eigenvalue weighted by Gasteiger charge is -2.39. The molecule has 94 heavy (non-hydrogen) atoms. The van der Waals surface area contributed by atoms with Crippen LogP contribution in [0.15, 0.2) is 267 Å². The fraction of sp³-hybridized carbons (Fsp3) is 0.0909. The lowest BCUT2D eigenvalue weighted by atomic mass is 10.2. The van der Waals surface area contributed by atoms with Crippen LogP contribution in [-0.2, 0) is 59.0 Å². The van der Waals surface area contributed by atoms with E-state index in [4.69, 9.17) is 117 Å². The van der Waals surface area contributed by atoms with Gasteiger partial charge in [-0.25, -0.2) is 28.7 Å². The zero-order valence-electron chi connectivity index (χ0n) is 51.6. The smallest absolute Gasteiger partial charge is 0.319 e. The summed E-state index contributed by atoms with van der Waals surface area (Å²) in [4.78, 5) is 0. The van der Waals surface area contributed by atoms with Crippen LogP contribution in [-0.4, -0.2) is 108 Å². The fourth-order valence-corrected chi connectivity index (χ4v) is 20.7. The van der Waals surface area contributed by atoms with Crippen molar-refractivity contribution in [1.82, 2.24) is 28.7 Å². The first-order valence-corrected chi connectivity index (χ1v) is 42.2. The molecule has 30 rings (SSSR count). The molecule has 478 valence electrons. The molecule has 0 spiro atoms. The first-order chi connectivity index (χ1) is 45.3. The van der Waals surface area contributed by atoms with Gasteiger partial charge in [-0.15, -0.1) is 0 Å². The van der Waals surface area contributed by atoms with E-state index in [1.54, 1.807) is 108 Å². The zero-order valence-corrected chi connectivity index (χ0v) is 60.1. The van der Waals surface area contributed by atoms with Gasteiger partial charge in [0.2, 0.25) is 0 Å². The van der Waals surface area contributed by atoms with Crippen molar-refractivity contribution in [2.45, 2.75) is 0 Å². The number of hydrazone groups is 6. The number of nitrogens with zero attached hydrogens (tertiary/aromatic N) is 12. The van der Waals surface area contributed by atoms with Gasteiger partial charge in [0.25, 0.3) is 13.0 Å². The standard InChI is InChI=1S/C66H63N12O6P5S5/c1-73-67-46-52-22-34-58(35-23-52)79-85(90,64-16-10-7-11-17-64)82-61-40-28-55(29-41-61)49-70-76(4)89(94)77(5)71-50-56-30-42-62(43-31-56)83-86(91,65-18-12-8-13-19-65)80-59-36-24-53(25-37-59)47-68-74(2)88(73,93)75(3)69-48-54-26-38-60(39-27-54)81-87(92,66-20-14-9-15-21-66)84-63-44-32-57(33-45-63)51-72-78(89)6/h7-51H,1-6H3/b67-46-,68-47-,69-48-,70-49?,71-50?,72-51?. The molecular weight excluding hydrogens is 1370 g/mol. The lowest BCUT2D eigenvalue weighted by Crippen LogP contribution is -2.29. The SMILES string of the molecule is CN1N=Cc2ccc(cc2)OP(=S)(c2ccccc2)Oc2ccc(cc2)/C=N\N(C)P2(=S)N(C)/N=C\c3ccc(cc3)OP(=S)(c3ccccc3)Oc3ccc(cc3)C=NN(C)P1(=S)N(C)N=Cc1ccc(cc1)OP(=S)(c1ccccc1)Oc1ccc(cc1)/C=N\N2C. The van der Waals surface area contributed by atoms with Crippen molar-refractivity contribution in [3.05, 3.63) is 270 Å². The molecule has 9 aromatic carbocycles. The molecule has 21 aliphatic heterocycles. The molecule has 18 nitrogen and oxygen atoms in total. The van der Waals surface area contributed by atoms with Crippen molar-refractivity contribution in [2.24, 2.45) is 30.6 Å². The molecule has 21 aliphatic rings. The second-order valence-electron chi connectivity index (χ2n) is 20.9. The van der Waals surface area contributed by atoms with Gasteiger partial charge in [0, 0.05) is 42.3 Å². The van der Waals surface area contributed by atoms with Crippen molar-refractivity contribution >= 4 is 145 Å². The van der Waals surface area contributed by atoms with Crippen LogP contribution in [0.3, 0.4) is 0 Å². The summed E-state index contributed by atoms with van der Waals surface area (Å²) in [6.07, 6.45) is 10.3. The van der Waals surface area contributed by atoms with Crippen LogP contribution in [0.5, 0.6) is 34.5 Å². The molecule has 3 atom stereocenters. The Labute approximate surface area is 573 Å². The van der Waals surface area contributed by atoms with Crippen molar-refractivity contribution < 1.29 is 27.1 Å². The molecule has 0 radical (unpaired) electrons. The average molecular weight is 1440 g/mol. The van der Waals surface area contributed by atoms with Crippen molar-refractivity contribution in [3.8, 4) is 34.5 Å². The molecule has 9 aromatic rings. The molecule has 0 fully saturated rings. The lowest BCUT2D eigenvalue weighted by molar-refractivity contribution is 0.417. The molecule has 14 bridgehead atoms. The predicted octanol–water partition coefficient (Wildman–Crippen LogP) is 14.4. The Hall–Kier alpha value is -8.15. The molecule has 3 unspecified atom stereocenters. The maximum absolute atomic E-state index is 6.69. The predicted molar refractivity (Wildman–Crippen MR) is 404 cm³/mol. The molecule has 0 saturated heterocycles. The van der Waals surface area contributed by atoms with Crippen LogP contribution >= 0.6 is 32.5 Å². The van der Waals surface area contributed by atoms with Gasteiger partial charge in [-0.3, -0.25) is 0 Å².